The summed E-state index contributed by atoms with van der Waals surface area (Å²) in [6.07, 6.45) is -3.65. The molecule has 118 valence electrons. The first kappa shape index (κ1) is 16.3. The monoisotopic (exact) mass is 300 g/mol. The van der Waals surface area contributed by atoms with Crippen LogP contribution in [0.4, 0.5) is 13.2 Å². The molecule has 2 nitrogen and oxygen atoms in total. The molecule has 0 amide bonds. The Labute approximate surface area is 124 Å². The molecule has 1 aliphatic rings. The maximum Gasteiger partial charge on any atom is 0.416 e. The lowest BCUT2D eigenvalue weighted by Gasteiger charge is -2.34. The lowest BCUT2D eigenvalue weighted by Crippen LogP contribution is -2.45. The van der Waals surface area contributed by atoms with Crippen molar-refractivity contribution in [2.45, 2.75) is 33.0 Å². The van der Waals surface area contributed by atoms with Crippen LogP contribution in [0.25, 0.3) is 0 Å². The van der Waals surface area contributed by atoms with Crippen molar-refractivity contribution < 1.29 is 13.2 Å². The highest BCUT2D eigenvalue weighted by Gasteiger charge is 2.34. The molecule has 0 radical (unpaired) electrons. The van der Waals surface area contributed by atoms with Gasteiger partial charge in [-0.1, -0.05) is 26.0 Å². The van der Waals surface area contributed by atoms with E-state index in [9.17, 15) is 13.2 Å². The zero-order valence-corrected chi connectivity index (χ0v) is 12.7. The molecule has 1 heterocycles. The van der Waals surface area contributed by atoms with Crippen molar-refractivity contribution in [3.8, 4) is 0 Å². The van der Waals surface area contributed by atoms with Gasteiger partial charge in [-0.15, -0.1) is 0 Å². The van der Waals surface area contributed by atoms with Crippen LogP contribution in [-0.2, 0) is 19.1 Å². The summed E-state index contributed by atoms with van der Waals surface area (Å²) in [7, 11) is 0. The highest BCUT2D eigenvalue weighted by atomic mass is 19.4. The molecule has 0 spiro atoms. The number of rotatable bonds is 4. The molecular formula is C16H23F3N2. The number of likely N-dealkylation sites (N-methyl/N-ethyl adjacent to an activating group) is 1. The molecule has 0 atom stereocenters. The molecular weight excluding hydrogens is 277 g/mol. The standard InChI is InChI=1S/C16H23F3N2/c1-3-13-5-6-14(15(11-13)16(17,18)19)12-21-9-7-20(4-2)8-10-21/h5-6,11H,3-4,7-10,12H2,1-2H3. The largest absolute Gasteiger partial charge is 0.416 e. The van der Waals surface area contributed by atoms with Gasteiger partial charge in [-0.3, -0.25) is 4.90 Å². The summed E-state index contributed by atoms with van der Waals surface area (Å²) in [5, 5.41) is 0. The maximum absolute atomic E-state index is 13.2. The van der Waals surface area contributed by atoms with E-state index in [4.69, 9.17) is 0 Å². The van der Waals surface area contributed by atoms with Crippen molar-refractivity contribution >= 4 is 0 Å². The lowest BCUT2D eigenvalue weighted by atomic mass is 10.0. The minimum absolute atomic E-state index is 0.385. The van der Waals surface area contributed by atoms with Gasteiger partial charge in [0.1, 0.15) is 0 Å². The van der Waals surface area contributed by atoms with Gasteiger partial charge in [-0.05, 0) is 30.2 Å². The van der Waals surface area contributed by atoms with Gasteiger partial charge < -0.3 is 4.90 Å². The summed E-state index contributed by atoms with van der Waals surface area (Å²) < 4.78 is 39.6. The summed E-state index contributed by atoms with van der Waals surface area (Å²) in [4.78, 5) is 4.43. The van der Waals surface area contributed by atoms with Crippen molar-refractivity contribution in [2.24, 2.45) is 0 Å². The fraction of sp³-hybridized carbons (Fsp3) is 0.625. The van der Waals surface area contributed by atoms with Crippen molar-refractivity contribution in [1.29, 1.82) is 0 Å². The molecule has 1 aromatic rings. The Balaban J connectivity index is 2.13. The molecule has 1 aromatic carbocycles. The van der Waals surface area contributed by atoms with Gasteiger partial charge in [-0.25, -0.2) is 0 Å². The second-order valence-electron chi connectivity index (χ2n) is 5.55. The molecule has 0 saturated carbocycles. The van der Waals surface area contributed by atoms with Crippen molar-refractivity contribution in [1.82, 2.24) is 9.80 Å². The average Bonchev–Trinajstić information content (AvgIpc) is 2.47. The van der Waals surface area contributed by atoms with E-state index in [2.05, 4.69) is 16.7 Å². The Morgan fingerprint density at radius 1 is 1.00 bits per heavy atom. The van der Waals surface area contributed by atoms with E-state index in [-0.39, 0.29) is 0 Å². The predicted octanol–water partition coefficient (Wildman–Crippen LogP) is 3.41. The van der Waals surface area contributed by atoms with Crippen LogP contribution in [0.5, 0.6) is 0 Å². The second kappa shape index (κ2) is 6.79. The zero-order valence-electron chi connectivity index (χ0n) is 12.7. The molecule has 0 aliphatic carbocycles. The van der Waals surface area contributed by atoms with Crippen LogP contribution < -0.4 is 0 Å². The van der Waals surface area contributed by atoms with Crippen LogP contribution in [0.15, 0.2) is 18.2 Å². The van der Waals surface area contributed by atoms with Crippen molar-refractivity contribution in [3.63, 3.8) is 0 Å². The molecule has 0 aromatic heterocycles. The van der Waals surface area contributed by atoms with E-state index in [0.29, 0.717) is 18.5 Å². The van der Waals surface area contributed by atoms with E-state index in [1.165, 1.54) is 6.07 Å². The number of nitrogens with zero attached hydrogens (tertiary/aromatic N) is 2. The molecule has 1 fully saturated rings. The van der Waals surface area contributed by atoms with Crippen LogP contribution in [0.1, 0.15) is 30.5 Å². The third kappa shape index (κ3) is 4.20. The Bertz CT molecular complexity index is 463. The molecule has 21 heavy (non-hydrogen) atoms. The van der Waals surface area contributed by atoms with Gasteiger partial charge in [0.2, 0.25) is 0 Å². The van der Waals surface area contributed by atoms with Crippen LogP contribution >= 0.6 is 0 Å². The molecule has 2 rings (SSSR count). The highest BCUT2D eigenvalue weighted by Crippen LogP contribution is 2.33. The summed E-state index contributed by atoms with van der Waals surface area (Å²) in [6, 6.07) is 4.76. The van der Waals surface area contributed by atoms with Gasteiger partial charge in [0.05, 0.1) is 5.56 Å². The minimum Gasteiger partial charge on any atom is -0.301 e. The summed E-state index contributed by atoms with van der Waals surface area (Å²) in [5.41, 5.74) is 0.659. The van der Waals surface area contributed by atoms with E-state index < -0.39 is 11.7 Å². The number of hydrogen-bond donors (Lipinski definition) is 0. The number of benzene rings is 1. The van der Waals surface area contributed by atoms with Crippen molar-refractivity contribution in [3.05, 3.63) is 34.9 Å². The summed E-state index contributed by atoms with van der Waals surface area (Å²) in [6.45, 7) is 8.92. The fourth-order valence-corrected chi connectivity index (χ4v) is 2.75. The van der Waals surface area contributed by atoms with Gasteiger partial charge in [0.25, 0.3) is 0 Å². The van der Waals surface area contributed by atoms with E-state index in [1.54, 1.807) is 6.07 Å². The van der Waals surface area contributed by atoms with Gasteiger partial charge in [0, 0.05) is 32.7 Å². The smallest absolute Gasteiger partial charge is 0.301 e. The SMILES string of the molecule is CCc1ccc(CN2CCN(CC)CC2)c(C(F)(F)F)c1. The molecule has 1 aliphatic heterocycles. The Hall–Kier alpha value is -1.07. The maximum atomic E-state index is 13.2. The minimum atomic E-state index is -4.27. The van der Waals surface area contributed by atoms with Gasteiger partial charge in [0.15, 0.2) is 0 Å². The zero-order chi connectivity index (χ0) is 15.5. The second-order valence-corrected chi connectivity index (χ2v) is 5.55. The van der Waals surface area contributed by atoms with E-state index >= 15 is 0 Å². The molecule has 0 bridgehead atoms. The third-order valence-corrected chi connectivity index (χ3v) is 4.19. The number of alkyl halides is 3. The first-order valence-electron chi connectivity index (χ1n) is 7.57. The Kier molecular flexibility index (Phi) is 5.27. The first-order chi connectivity index (χ1) is 9.94. The van der Waals surface area contributed by atoms with Crippen LogP contribution in [-0.4, -0.2) is 42.5 Å². The van der Waals surface area contributed by atoms with Gasteiger partial charge in [-0.2, -0.15) is 13.2 Å². The normalized spacial score (nSPS) is 18.1. The van der Waals surface area contributed by atoms with Gasteiger partial charge >= 0.3 is 6.18 Å². The number of hydrogen-bond acceptors (Lipinski definition) is 2. The molecule has 0 unspecified atom stereocenters. The summed E-state index contributed by atoms with van der Waals surface area (Å²) in [5.74, 6) is 0. The number of halogens is 3. The van der Waals surface area contributed by atoms with Crippen LogP contribution in [0.2, 0.25) is 0 Å². The van der Waals surface area contributed by atoms with E-state index in [1.807, 2.05) is 13.0 Å². The number of aryl methyl sites for hydroxylation is 1. The van der Waals surface area contributed by atoms with E-state index in [0.717, 1.165) is 38.3 Å². The van der Waals surface area contributed by atoms with Crippen LogP contribution in [0, 0.1) is 0 Å². The quantitative estimate of drug-likeness (QED) is 0.841. The average molecular weight is 300 g/mol. The topological polar surface area (TPSA) is 6.48 Å². The lowest BCUT2D eigenvalue weighted by molar-refractivity contribution is -0.138. The summed E-state index contributed by atoms with van der Waals surface area (Å²) >= 11 is 0. The molecule has 0 N–H and O–H groups in total. The molecule has 1 saturated heterocycles. The third-order valence-electron chi connectivity index (χ3n) is 4.19. The van der Waals surface area contributed by atoms with Crippen molar-refractivity contribution in [2.75, 3.05) is 32.7 Å². The molecule has 5 heteroatoms. The highest BCUT2D eigenvalue weighted by molar-refractivity contribution is 5.34. The Morgan fingerprint density at radius 3 is 2.14 bits per heavy atom. The first-order valence-corrected chi connectivity index (χ1v) is 7.57. The number of piperazine rings is 1. The van der Waals surface area contributed by atoms with Crippen LogP contribution in [0.3, 0.4) is 0 Å². The Morgan fingerprint density at radius 2 is 1.62 bits per heavy atom. The predicted molar refractivity (Wildman–Crippen MR) is 78.2 cm³/mol. The fourth-order valence-electron chi connectivity index (χ4n) is 2.75.